The number of thiazole rings is 1. The summed E-state index contributed by atoms with van der Waals surface area (Å²) in [5.41, 5.74) is 7.70. The van der Waals surface area contributed by atoms with Gasteiger partial charge >= 0.3 is 0 Å². The van der Waals surface area contributed by atoms with Crippen molar-refractivity contribution in [2.24, 2.45) is 4.99 Å². The van der Waals surface area contributed by atoms with E-state index in [-0.39, 0.29) is 11.6 Å². The highest BCUT2D eigenvalue weighted by Crippen LogP contribution is 2.41. The number of hydrogen-bond donors (Lipinski definition) is 0. The molecule has 0 saturated carbocycles. The lowest BCUT2D eigenvalue weighted by atomic mass is 9.84. The molecule has 0 fully saturated rings. The Bertz CT molecular complexity index is 1730. The van der Waals surface area contributed by atoms with Crippen LogP contribution in [0, 0.1) is 6.92 Å². The van der Waals surface area contributed by atoms with Gasteiger partial charge in [-0.05, 0) is 90.4 Å². The van der Waals surface area contributed by atoms with Gasteiger partial charge in [0.1, 0.15) is 0 Å². The second-order valence-corrected chi connectivity index (χ2v) is 11.4. The van der Waals surface area contributed by atoms with Gasteiger partial charge < -0.3 is 0 Å². The van der Waals surface area contributed by atoms with E-state index in [4.69, 9.17) is 28.2 Å². The number of nitrogens with zero attached hydrogens (tertiary/aromatic N) is 2. The fourth-order valence-corrected chi connectivity index (χ4v) is 6.33. The highest BCUT2D eigenvalue weighted by molar-refractivity contribution is 7.07. The minimum Gasteiger partial charge on any atom is -0.272 e. The predicted molar refractivity (Wildman–Crippen MR) is 154 cm³/mol. The lowest BCUT2D eigenvalue weighted by molar-refractivity contribution is 0.553. The smallest absolute Gasteiger partial charge is 0.271 e. The second-order valence-electron chi connectivity index (χ2n) is 9.49. The first-order valence-corrected chi connectivity index (χ1v) is 13.9. The van der Waals surface area contributed by atoms with Crippen molar-refractivity contribution in [2.45, 2.75) is 32.2 Å². The third-order valence-corrected chi connectivity index (χ3v) is 8.39. The lowest BCUT2D eigenvalue weighted by Crippen LogP contribution is -2.39. The number of halogens is 2. The summed E-state index contributed by atoms with van der Waals surface area (Å²) in [5.74, 6) is 0. The van der Waals surface area contributed by atoms with Crippen molar-refractivity contribution in [3.63, 3.8) is 0 Å². The summed E-state index contributed by atoms with van der Waals surface area (Å²) in [6, 6.07) is 23.7. The molecule has 0 amide bonds. The molecule has 1 unspecified atom stereocenters. The molecular formula is C31H24Cl2N2OS. The van der Waals surface area contributed by atoms with E-state index < -0.39 is 0 Å². The van der Waals surface area contributed by atoms with Crippen molar-refractivity contribution in [2.75, 3.05) is 0 Å². The van der Waals surface area contributed by atoms with Gasteiger partial charge in [0.15, 0.2) is 4.80 Å². The molecule has 2 heterocycles. The molecule has 3 nitrogen and oxygen atoms in total. The molecule has 6 rings (SSSR count). The van der Waals surface area contributed by atoms with E-state index in [0.29, 0.717) is 9.55 Å². The van der Waals surface area contributed by atoms with E-state index in [2.05, 4.69) is 25.1 Å². The van der Waals surface area contributed by atoms with Gasteiger partial charge in [-0.3, -0.25) is 9.36 Å². The largest absolute Gasteiger partial charge is 0.272 e. The summed E-state index contributed by atoms with van der Waals surface area (Å²) < 4.78 is 2.56. The van der Waals surface area contributed by atoms with Crippen LogP contribution < -0.4 is 14.9 Å². The van der Waals surface area contributed by atoms with Crippen LogP contribution in [0.2, 0.25) is 10.0 Å². The summed E-state index contributed by atoms with van der Waals surface area (Å²) in [6.07, 6.45) is 7.01. The summed E-state index contributed by atoms with van der Waals surface area (Å²) in [7, 11) is 0. The number of hydrogen-bond acceptors (Lipinski definition) is 3. The molecule has 0 bridgehead atoms. The van der Waals surface area contributed by atoms with Gasteiger partial charge in [-0.2, -0.15) is 0 Å². The SMILES string of the molecule is Cc1ccc(/C=c2\sc3n(c2=O)C(c2ccc(Cl)cc2)C2=C(N=3)/C(=C/c3ccc(Cl)cc3)CCC2)cc1. The molecule has 0 N–H and O–H groups in total. The van der Waals surface area contributed by atoms with Crippen LogP contribution in [0.15, 0.2) is 99.4 Å². The maximum Gasteiger partial charge on any atom is 0.271 e. The number of rotatable bonds is 3. The minimum absolute atomic E-state index is 0.00960. The first-order chi connectivity index (χ1) is 18.0. The predicted octanol–water partition coefficient (Wildman–Crippen LogP) is 7.10. The van der Waals surface area contributed by atoms with Crippen molar-refractivity contribution < 1.29 is 0 Å². The zero-order valence-electron chi connectivity index (χ0n) is 20.2. The lowest BCUT2D eigenvalue weighted by Gasteiger charge is -2.31. The van der Waals surface area contributed by atoms with E-state index in [1.807, 2.05) is 71.3 Å². The Morgan fingerprint density at radius 3 is 2.19 bits per heavy atom. The van der Waals surface area contributed by atoms with E-state index in [1.165, 1.54) is 28.0 Å². The van der Waals surface area contributed by atoms with Gasteiger partial charge in [-0.1, -0.05) is 88.6 Å². The molecule has 1 atom stereocenters. The molecule has 37 heavy (non-hydrogen) atoms. The van der Waals surface area contributed by atoms with E-state index >= 15 is 0 Å². The van der Waals surface area contributed by atoms with Crippen LogP contribution >= 0.6 is 34.5 Å². The number of benzene rings is 3. The van der Waals surface area contributed by atoms with Gasteiger partial charge in [0.25, 0.3) is 5.56 Å². The molecule has 184 valence electrons. The number of allylic oxidation sites excluding steroid dienone is 2. The minimum atomic E-state index is -0.211. The molecule has 0 spiro atoms. The topological polar surface area (TPSA) is 34.4 Å². The van der Waals surface area contributed by atoms with Crippen LogP contribution in [0.4, 0.5) is 0 Å². The molecule has 2 aliphatic rings. The average Bonchev–Trinajstić information content (AvgIpc) is 3.21. The standard InChI is InChI=1S/C31H24Cl2N2OS/c1-19-5-7-21(8-6-19)18-27-30(36)35-29(22-11-15-25(33)16-12-22)26-4-2-3-23(28(26)34-31(35)37-27)17-20-9-13-24(32)14-10-20/h5-18,29H,2-4H2,1H3/b23-17+,27-18-. The summed E-state index contributed by atoms with van der Waals surface area (Å²) in [4.78, 5) is 19.7. The zero-order chi connectivity index (χ0) is 25.5. The Morgan fingerprint density at radius 2 is 1.49 bits per heavy atom. The summed E-state index contributed by atoms with van der Waals surface area (Å²) in [5, 5.41) is 1.40. The maximum absolute atomic E-state index is 13.8. The van der Waals surface area contributed by atoms with Crippen LogP contribution in [0.3, 0.4) is 0 Å². The number of fused-ring (bicyclic) bond motifs is 1. The molecular weight excluding hydrogens is 519 g/mol. The van der Waals surface area contributed by atoms with Gasteiger partial charge in [-0.25, -0.2) is 4.99 Å². The second kappa shape index (κ2) is 9.94. The fourth-order valence-electron chi connectivity index (χ4n) is 5.08. The third kappa shape index (κ3) is 4.77. The molecule has 1 aromatic heterocycles. The van der Waals surface area contributed by atoms with Gasteiger partial charge in [0.2, 0.25) is 0 Å². The normalized spacial score (nSPS) is 18.5. The quantitative estimate of drug-likeness (QED) is 0.272. The Kier molecular flexibility index (Phi) is 6.49. The highest BCUT2D eigenvalue weighted by Gasteiger charge is 2.32. The molecule has 4 aromatic rings. The molecule has 6 heteroatoms. The van der Waals surface area contributed by atoms with Gasteiger partial charge in [0, 0.05) is 10.0 Å². The van der Waals surface area contributed by atoms with Gasteiger partial charge in [0.05, 0.1) is 16.3 Å². The monoisotopic (exact) mass is 542 g/mol. The highest BCUT2D eigenvalue weighted by atomic mass is 35.5. The molecule has 1 aliphatic heterocycles. The van der Waals surface area contributed by atoms with Crippen molar-refractivity contribution in [3.8, 4) is 0 Å². The number of aryl methyl sites for hydroxylation is 1. The molecule has 1 aliphatic carbocycles. The maximum atomic E-state index is 13.8. The van der Waals surface area contributed by atoms with Crippen LogP contribution in [-0.2, 0) is 0 Å². The van der Waals surface area contributed by atoms with Gasteiger partial charge in [-0.15, -0.1) is 0 Å². The molecule has 0 saturated heterocycles. The molecule has 0 radical (unpaired) electrons. The Balaban J connectivity index is 1.57. The van der Waals surface area contributed by atoms with Crippen molar-refractivity contribution in [3.05, 3.63) is 142 Å². The van der Waals surface area contributed by atoms with Crippen LogP contribution in [0.1, 0.15) is 47.6 Å². The first kappa shape index (κ1) is 24.2. The van der Waals surface area contributed by atoms with E-state index in [1.54, 1.807) is 0 Å². The van der Waals surface area contributed by atoms with Crippen molar-refractivity contribution >= 4 is 46.7 Å². The van der Waals surface area contributed by atoms with Crippen LogP contribution in [0.5, 0.6) is 0 Å². The van der Waals surface area contributed by atoms with E-state index in [0.717, 1.165) is 51.5 Å². The van der Waals surface area contributed by atoms with Crippen LogP contribution in [-0.4, -0.2) is 4.57 Å². The molecule has 3 aromatic carbocycles. The Labute approximate surface area is 229 Å². The van der Waals surface area contributed by atoms with Crippen molar-refractivity contribution in [1.29, 1.82) is 0 Å². The van der Waals surface area contributed by atoms with Crippen LogP contribution in [0.25, 0.3) is 12.2 Å². The fraction of sp³-hybridized carbons (Fsp3) is 0.161. The third-order valence-electron chi connectivity index (χ3n) is 6.90. The van der Waals surface area contributed by atoms with Crippen molar-refractivity contribution in [1.82, 2.24) is 4.57 Å². The average molecular weight is 544 g/mol. The summed E-state index contributed by atoms with van der Waals surface area (Å²) in [6.45, 7) is 2.06. The Hall–Kier alpha value is -3.18. The Morgan fingerprint density at radius 1 is 0.865 bits per heavy atom. The zero-order valence-corrected chi connectivity index (χ0v) is 22.6. The number of aromatic nitrogens is 1. The summed E-state index contributed by atoms with van der Waals surface area (Å²) >= 11 is 13.8. The van der Waals surface area contributed by atoms with E-state index in [9.17, 15) is 4.79 Å². The first-order valence-electron chi connectivity index (χ1n) is 12.3.